The zero-order chi connectivity index (χ0) is 19.3. The smallest absolute Gasteiger partial charge is 0.211 e. The third kappa shape index (κ3) is 2.24. The molecule has 3 aromatic rings. The van der Waals surface area contributed by atoms with Gasteiger partial charge in [-0.1, -0.05) is 54.6 Å². The molecular weight excluding hydrogens is 352 g/mol. The SMILES string of the molecule is COc1ccc([C@H]2[C@H](C(=O)c3ccccc3)[C@]23Oc2ccccc2C3=O)cc1. The van der Waals surface area contributed by atoms with E-state index in [4.69, 9.17) is 9.47 Å². The normalized spacial score (nSPS) is 24.5. The first-order valence-corrected chi connectivity index (χ1v) is 9.23. The Balaban J connectivity index is 1.59. The predicted octanol–water partition coefficient (Wildman–Crippen LogP) is 4.31. The van der Waals surface area contributed by atoms with E-state index in [-0.39, 0.29) is 17.5 Å². The Kier molecular flexibility index (Phi) is 3.63. The second-order valence-corrected chi connectivity index (χ2v) is 7.18. The Morgan fingerprint density at radius 1 is 0.929 bits per heavy atom. The van der Waals surface area contributed by atoms with Crippen LogP contribution in [0.1, 0.15) is 32.2 Å². The molecule has 1 aliphatic heterocycles. The van der Waals surface area contributed by atoms with Crippen LogP contribution < -0.4 is 9.47 Å². The van der Waals surface area contributed by atoms with Crippen molar-refractivity contribution in [3.05, 3.63) is 95.6 Å². The number of carbonyl (C=O) groups is 2. The molecule has 0 N–H and O–H groups in total. The van der Waals surface area contributed by atoms with Gasteiger partial charge >= 0.3 is 0 Å². The lowest BCUT2D eigenvalue weighted by atomic mass is 10.0. The quantitative estimate of drug-likeness (QED) is 0.643. The van der Waals surface area contributed by atoms with Crippen LogP contribution in [-0.2, 0) is 0 Å². The van der Waals surface area contributed by atoms with Crippen molar-refractivity contribution in [3.8, 4) is 11.5 Å². The molecule has 1 saturated carbocycles. The fraction of sp³-hybridized carbons (Fsp3) is 0.167. The summed E-state index contributed by atoms with van der Waals surface area (Å²) in [4.78, 5) is 26.6. The highest BCUT2D eigenvalue weighted by Crippen LogP contribution is 2.65. The van der Waals surface area contributed by atoms with Gasteiger partial charge in [0.1, 0.15) is 11.5 Å². The number of carbonyl (C=O) groups excluding carboxylic acids is 2. The molecule has 3 atom stereocenters. The number of ether oxygens (including phenoxy) is 2. The lowest BCUT2D eigenvalue weighted by Gasteiger charge is -2.10. The first kappa shape index (κ1) is 16.8. The van der Waals surface area contributed by atoms with E-state index in [1.54, 1.807) is 31.4 Å². The van der Waals surface area contributed by atoms with Gasteiger partial charge in [0.25, 0.3) is 0 Å². The van der Waals surface area contributed by atoms with Crippen molar-refractivity contribution in [2.75, 3.05) is 7.11 Å². The van der Waals surface area contributed by atoms with E-state index in [2.05, 4.69) is 0 Å². The minimum Gasteiger partial charge on any atom is -0.497 e. The molecule has 1 heterocycles. The molecule has 0 aromatic heterocycles. The lowest BCUT2D eigenvalue weighted by Crippen LogP contribution is -2.29. The van der Waals surface area contributed by atoms with E-state index in [1.807, 2.05) is 54.6 Å². The second kappa shape index (κ2) is 6.06. The molecule has 4 nitrogen and oxygen atoms in total. The molecule has 2 aliphatic rings. The van der Waals surface area contributed by atoms with Crippen molar-refractivity contribution in [3.63, 3.8) is 0 Å². The number of Topliss-reactive ketones (excluding diaryl/α,β-unsaturated/α-hetero) is 2. The van der Waals surface area contributed by atoms with E-state index < -0.39 is 11.5 Å². The zero-order valence-corrected chi connectivity index (χ0v) is 15.3. The Morgan fingerprint density at radius 3 is 2.29 bits per heavy atom. The number of methoxy groups -OCH3 is 1. The highest BCUT2D eigenvalue weighted by atomic mass is 16.5. The number of ketones is 2. The highest BCUT2D eigenvalue weighted by molar-refractivity contribution is 6.17. The molecule has 0 bridgehead atoms. The van der Waals surface area contributed by atoms with E-state index in [0.717, 1.165) is 11.3 Å². The number of hydrogen-bond donors (Lipinski definition) is 0. The average molecular weight is 370 g/mol. The van der Waals surface area contributed by atoms with Gasteiger partial charge < -0.3 is 9.47 Å². The Hall–Kier alpha value is -3.40. The fourth-order valence-electron chi connectivity index (χ4n) is 4.34. The van der Waals surface area contributed by atoms with Gasteiger partial charge in [0, 0.05) is 11.5 Å². The molecule has 4 heteroatoms. The summed E-state index contributed by atoms with van der Waals surface area (Å²) >= 11 is 0. The van der Waals surface area contributed by atoms with Crippen molar-refractivity contribution in [2.45, 2.75) is 11.5 Å². The first-order chi connectivity index (χ1) is 13.7. The summed E-state index contributed by atoms with van der Waals surface area (Å²) in [6, 6.07) is 23.8. The Morgan fingerprint density at radius 2 is 1.61 bits per heavy atom. The predicted molar refractivity (Wildman–Crippen MR) is 104 cm³/mol. The van der Waals surface area contributed by atoms with Crippen molar-refractivity contribution in [1.82, 2.24) is 0 Å². The van der Waals surface area contributed by atoms with Crippen LogP contribution in [0.4, 0.5) is 0 Å². The molecule has 138 valence electrons. The molecule has 1 fully saturated rings. The van der Waals surface area contributed by atoms with Crippen molar-refractivity contribution in [1.29, 1.82) is 0 Å². The molecule has 0 saturated heterocycles. The van der Waals surface area contributed by atoms with E-state index in [9.17, 15) is 9.59 Å². The molecule has 5 rings (SSSR count). The van der Waals surface area contributed by atoms with Gasteiger partial charge in [0.05, 0.1) is 18.6 Å². The summed E-state index contributed by atoms with van der Waals surface area (Å²) in [6.45, 7) is 0. The minimum atomic E-state index is -1.16. The standard InChI is InChI=1S/C24H18O4/c1-27-17-13-11-15(12-14-17)20-21(22(25)16-7-3-2-4-8-16)24(20)23(26)18-9-5-6-10-19(18)28-24/h2-14,20-21H,1H3/t20-,21+,24+/m0/s1. The minimum absolute atomic E-state index is 0.0671. The number of rotatable bonds is 4. The van der Waals surface area contributed by atoms with Crippen LogP contribution in [0, 0.1) is 5.92 Å². The van der Waals surface area contributed by atoms with Crippen LogP contribution in [-0.4, -0.2) is 24.3 Å². The zero-order valence-electron chi connectivity index (χ0n) is 15.3. The van der Waals surface area contributed by atoms with Crippen LogP contribution in [0.5, 0.6) is 11.5 Å². The van der Waals surface area contributed by atoms with Gasteiger partial charge in [0.2, 0.25) is 5.78 Å². The second-order valence-electron chi connectivity index (χ2n) is 7.18. The monoisotopic (exact) mass is 370 g/mol. The third-order valence-corrected chi connectivity index (χ3v) is 5.73. The number of benzene rings is 3. The van der Waals surface area contributed by atoms with Gasteiger partial charge in [-0.05, 0) is 29.8 Å². The maximum atomic E-state index is 13.3. The third-order valence-electron chi connectivity index (χ3n) is 5.73. The maximum Gasteiger partial charge on any atom is 0.211 e. The van der Waals surface area contributed by atoms with Crippen LogP contribution in [0.25, 0.3) is 0 Å². The molecule has 28 heavy (non-hydrogen) atoms. The summed E-state index contributed by atoms with van der Waals surface area (Å²) < 4.78 is 11.4. The number of hydrogen-bond acceptors (Lipinski definition) is 4. The van der Waals surface area contributed by atoms with Gasteiger partial charge in [-0.25, -0.2) is 0 Å². The molecule has 1 aliphatic carbocycles. The van der Waals surface area contributed by atoms with Crippen LogP contribution >= 0.6 is 0 Å². The molecular formula is C24H18O4. The van der Waals surface area contributed by atoms with Crippen molar-refractivity contribution in [2.24, 2.45) is 5.92 Å². The Labute approximate surface area is 162 Å². The van der Waals surface area contributed by atoms with E-state index in [0.29, 0.717) is 16.9 Å². The fourth-order valence-corrected chi connectivity index (χ4v) is 4.34. The maximum absolute atomic E-state index is 13.3. The molecule has 1 spiro atoms. The molecule has 0 unspecified atom stereocenters. The first-order valence-electron chi connectivity index (χ1n) is 9.23. The average Bonchev–Trinajstić information content (AvgIpc) is 3.33. The lowest BCUT2D eigenvalue weighted by molar-refractivity contribution is 0.0741. The van der Waals surface area contributed by atoms with E-state index >= 15 is 0 Å². The topological polar surface area (TPSA) is 52.6 Å². The Bertz CT molecular complexity index is 1070. The molecule has 3 aromatic carbocycles. The number of fused-ring (bicyclic) bond motifs is 1. The van der Waals surface area contributed by atoms with Crippen molar-refractivity contribution < 1.29 is 19.1 Å². The summed E-state index contributed by atoms with van der Waals surface area (Å²) in [7, 11) is 1.61. The van der Waals surface area contributed by atoms with Gasteiger partial charge in [-0.15, -0.1) is 0 Å². The highest BCUT2D eigenvalue weighted by Gasteiger charge is 2.77. The van der Waals surface area contributed by atoms with Gasteiger partial charge in [-0.2, -0.15) is 0 Å². The van der Waals surface area contributed by atoms with E-state index in [1.165, 1.54) is 0 Å². The summed E-state index contributed by atoms with van der Waals surface area (Å²) in [5.74, 6) is 0.218. The summed E-state index contributed by atoms with van der Waals surface area (Å²) in [6.07, 6.45) is 0. The number of para-hydroxylation sites is 1. The van der Waals surface area contributed by atoms with Gasteiger partial charge in [0.15, 0.2) is 11.4 Å². The summed E-state index contributed by atoms with van der Waals surface area (Å²) in [5.41, 5.74) is 0.876. The van der Waals surface area contributed by atoms with Crippen LogP contribution in [0.3, 0.4) is 0 Å². The van der Waals surface area contributed by atoms with Crippen molar-refractivity contribution >= 4 is 11.6 Å². The largest absolute Gasteiger partial charge is 0.497 e. The molecule has 0 amide bonds. The van der Waals surface area contributed by atoms with Crippen LogP contribution in [0.15, 0.2) is 78.9 Å². The van der Waals surface area contributed by atoms with Gasteiger partial charge in [-0.3, -0.25) is 9.59 Å². The summed E-state index contributed by atoms with van der Waals surface area (Å²) in [5, 5.41) is 0. The molecule has 0 radical (unpaired) electrons. The van der Waals surface area contributed by atoms with Crippen LogP contribution in [0.2, 0.25) is 0 Å².